The number of hydrogen-bond donors (Lipinski definition) is 1. The fourth-order valence-electron chi connectivity index (χ4n) is 1.37. The number of rotatable bonds is 3. The maximum absolute atomic E-state index is 6.08. The van der Waals surface area contributed by atoms with Gasteiger partial charge in [0, 0.05) is 23.3 Å². The Kier molecular flexibility index (Phi) is 4.45. The van der Waals surface area contributed by atoms with Gasteiger partial charge in [-0.15, -0.1) is 0 Å². The highest BCUT2D eigenvalue weighted by Gasteiger charge is 2.10. The van der Waals surface area contributed by atoms with E-state index in [0.717, 1.165) is 0 Å². The molecule has 0 saturated heterocycles. The maximum Gasteiger partial charge on any atom is 0.150 e. The lowest BCUT2D eigenvalue weighted by atomic mass is 10.3. The molecule has 0 aliphatic rings. The lowest BCUT2D eigenvalue weighted by molar-refractivity contribution is 0.473. The molecule has 0 radical (unpaired) electrons. The Labute approximate surface area is 123 Å². The summed E-state index contributed by atoms with van der Waals surface area (Å²) in [5, 5.41) is 0.977. The van der Waals surface area contributed by atoms with Crippen LogP contribution in [-0.2, 0) is 6.54 Å². The van der Waals surface area contributed by atoms with E-state index in [1.807, 2.05) is 0 Å². The molecule has 0 spiro atoms. The van der Waals surface area contributed by atoms with Crippen molar-refractivity contribution in [1.29, 1.82) is 0 Å². The highest BCUT2D eigenvalue weighted by Crippen LogP contribution is 2.36. The summed E-state index contributed by atoms with van der Waals surface area (Å²) in [6.07, 6.45) is 1.66. The molecule has 1 aromatic heterocycles. The van der Waals surface area contributed by atoms with Crippen molar-refractivity contribution in [2.75, 3.05) is 0 Å². The first-order valence-electron chi connectivity index (χ1n) is 5.08. The van der Waals surface area contributed by atoms with Crippen LogP contribution in [0.15, 0.2) is 34.9 Å². The van der Waals surface area contributed by atoms with Crippen LogP contribution in [0.4, 0.5) is 0 Å². The predicted molar refractivity (Wildman–Crippen MR) is 76.4 cm³/mol. The highest BCUT2D eigenvalue weighted by atomic mass is 79.9. The zero-order valence-electron chi connectivity index (χ0n) is 9.16. The normalized spacial score (nSPS) is 10.4. The molecule has 0 fully saturated rings. The summed E-state index contributed by atoms with van der Waals surface area (Å²) < 4.78 is 6.40. The number of pyridine rings is 1. The summed E-state index contributed by atoms with van der Waals surface area (Å²) >= 11 is 15.4. The second-order valence-corrected chi connectivity index (χ2v) is 5.12. The first-order valence-corrected chi connectivity index (χ1v) is 6.63. The largest absolute Gasteiger partial charge is 0.454 e. The molecular weight excluding hydrogens is 339 g/mol. The van der Waals surface area contributed by atoms with Gasteiger partial charge in [0.15, 0.2) is 0 Å². The summed E-state index contributed by atoms with van der Waals surface area (Å²) in [6, 6.07) is 6.86. The minimum absolute atomic E-state index is 0.290. The molecule has 0 aliphatic carbocycles. The van der Waals surface area contributed by atoms with Crippen molar-refractivity contribution in [3.8, 4) is 11.5 Å². The number of aromatic nitrogens is 1. The third-order valence-corrected chi connectivity index (χ3v) is 3.73. The van der Waals surface area contributed by atoms with Crippen LogP contribution in [0.25, 0.3) is 0 Å². The van der Waals surface area contributed by atoms with Gasteiger partial charge in [-0.2, -0.15) is 0 Å². The average molecular weight is 348 g/mol. The number of halogens is 3. The van der Waals surface area contributed by atoms with E-state index < -0.39 is 0 Å². The Bertz CT molecular complexity index is 578. The second kappa shape index (κ2) is 5.89. The molecule has 0 aliphatic heterocycles. The SMILES string of the molecule is NCc1ncccc1Oc1cc(Cl)c(Br)cc1Cl. The molecule has 18 heavy (non-hydrogen) atoms. The number of benzene rings is 1. The standard InChI is InChI=1S/C12H9BrCl2N2O/c13-7-4-9(15)12(5-8(7)14)18-11-2-1-3-17-10(11)6-16/h1-5H,6,16H2. The van der Waals surface area contributed by atoms with Crippen LogP contribution >= 0.6 is 39.1 Å². The van der Waals surface area contributed by atoms with Crippen LogP contribution in [0.1, 0.15) is 5.69 Å². The van der Waals surface area contributed by atoms with Gasteiger partial charge >= 0.3 is 0 Å². The van der Waals surface area contributed by atoms with Crippen LogP contribution in [0.5, 0.6) is 11.5 Å². The van der Waals surface area contributed by atoms with E-state index in [9.17, 15) is 0 Å². The molecule has 1 aromatic carbocycles. The lowest BCUT2D eigenvalue weighted by Crippen LogP contribution is -2.02. The van der Waals surface area contributed by atoms with Crippen molar-refractivity contribution < 1.29 is 4.74 Å². The average Bonchev–Trinajstić information content (AvgIpc) is 2.36. The highest BCUT2D eigenvalue weighted by molar-refractivity contribution is 9.10. The molecule has 0 unspecified atom stereocenters. The second-order valence-electron chi connectivity index (χ2n) is 3.45. The summed E-state index contributed by atoms with van der Waals surface area (Å²) in [7, 11) is 0. The van der Waals surface area contributed by atoms with Gasteiger partial charge in [0.2, 0.25) is 0 Å². The zero-order chi connectivity index (χ0) is 13.1. The van der Waals surface area contributed by atoms with Gasteiger partial charge in [0.25, 0.3) is 0 Å². The third kappa shape index (κ3) is 2.95. The van der Waals surface area contributed by atoms with E-state index in [1.54, 1.807) is 30.5 Å². The van der Waals surface area contributed by atoms with Gasteiger partial charge < -0.3 is 10.5 Å². The van der Waals surface area contributed by atoms with Crippen LogP contribution in [0, 0.1) is 0 Å². The molecule has 1 heterocycles. The number of hydrogen-bond acceptors (Lipinski definition) is 3. The zero-order valence-corrected chi connectivity index (χ0v) is 12.3. The summed E-state index contributed by atoms with van der Waals surface area (Å²) in [5.41, 5.74) is 6.25. The van der Waals surface area contributed by atoms with Gasteiger partial charge in [-0.3, -0.25) is 4.98 Å². The predicted octanol–water partition coefficient (Wildman–Crippen LogP) is 4.40. The number of ether oxygens (including phenoxy) is 1. The number of nitrogens with zero attached hydrogens (tertiary/aromatic N) is 1. The summed E-state index contributed by atoms with van der Waals surface area (Å²) in [5.74, 6) is 1.04. The molecule has 3 nitrogen and oxygen atoms in total. The molecule has 0 bridgehead atoms. The minimum Gasteiger partial charge on any atom is -0.454 e. The molecule has 2 aromatic rings. The Hall–Kier alpha value is -0.810. The van der Waals surface area contributed by atoms with Gasteiger partial charge in [-0.05, 0) is 34.1 Å². The van der Waals surface area contributed by atoms with Crippen molar-refractivity contribution in [3.63, 3.8) is 0 Å². The molecule has 2 N–H and O–H groups in total. The lowest BCUT2D eigenvalue weighted by Gasteiger charge is -2.11. The molecule has 94 valence electrons. The third-order valence-electron chi connectivity index (χ3n) is 2.24. The van der Waals surface area contributed by atoms with Crippen molar-refractivity contribution in [3.05, 3.63) is 50.7 Å². The van der Waals surface area contributed by atoms with E-state index in [2.05, 4.69) is 20.9 Å². The Morgan fingerprint density at radius 2 is 2.00 bits per heavy atom. The van der Waals surface area contributed by atoms with Gasteiger partial charge in [-0.25, -0.2) is 0 Å². The Balaban J connectivity index is 2.37. The minimum atomic E-state index is 0.290. The number of nitrogens with two attached hydrogens (primary N) is 1. The van der Waals surface area contributed by atoms with Gasteiger partial charge in [0.05, 0.1) is 15.7 Å². The van der Waals surface area contributed by atoms with E-state index in [0.29, 0.717) is 31.7 Å². The first-order chi connectivity index (χ1) is 8.61. The van der Waals surface area contributed by atoms with Crippen LogP contribution in [0.2, 0.25) is 10.0 Å². The van der Waals surface area contributed by atoms with E-state index in [4.69, 9.17) is 33.7 Å². The van der Waals surface area contributed by atoms with Gasteiger partial charge in [0.1, 0.15) is 11.5 Å². The van der Waals surface area contributed by atoms with Crippen LogP contribution in [-0.4, -0.2) is 4.98 Å². The summed E-state index contributed by atoms with van der Waals surface area (Å²) in [6.45, 7) is 0.290. The molecule has 2 rings (SSSR count). The fraction of sp³-hybridized carbons (Fsp3) is 0.0833. The summed E-state index contributed by atoms with van der Waals surface area (Å²) in [4.78, 5) is 4.13. The van der Waals surface area contributed by atoms with Gasteiger partial charge in [-0.1, -0.05) is 23.2 Å². The first kappa shape index (κ1) is 13.6. The van der Waals surface area contributed by atoms with Crippen molar-refractivity contribution in [2.24, 2.45) is 5.73 Å². The molecule has 6 heteroatoms. The smallest absolute Gasteiger partial charge is 0.150 e. The Morgan fingerprint density at radius 3 is 2.72 bits per heavy atom. The molecule has 0 atom stereocenters. The Morgan fingerprint density at radius 1 is 1.22 bits per heavy atom. The van der Waals surface area contributed by atoms with E-state index in [-0.39, 0.29) is 6.54 Å². The van der Waals surface area contributed by atoms with Crippen molar-refractivity contribution >= 4 is 39.1 Å². The molecule has 0 saturated carbocycles. The molecular formula is C12H9BrCl2N2O. The maximum atomic E-state index is 6.08. The fourth-order valence-corrected chi connectivity index (χ4v) is 2.20. The van der Waals surface area contributed by atoms with E-state index >= 15 is 0 Å². The van der Waals surface area contributed by atoms with E-state index in [1.165, 1.54) is 0 Å². The van der Waals surface area contributed by atoms with Crippen LogP contribution in [0.3, 0.4) is 0 Å². The van der Waals surface area contributed by atoms with Crippen molar-refractivity contribution in [1.82, 2.24) is 4.98 Å². The quantitative estimate of drug-likeness (QED) is 0.837. The molecule has 0 amide bonds. The monoisotopic (exact) mass is 346 g/mol. The topological polar surface area (TPSA) is 48.1 Å². The van der Waals surface area contributed by atoms with Crippen LogP contribution < -0.4 is 10.5 Å². The van der Waals surface area contributed by atoms with Crippen molar-refractivity contribution in [2.45, 2.75) is 6.54 Å².